The minimum absolute atomic E-state index is 0.128. The van der Waals surface area contributed by atoms with Gasteiger partial charge in [-0.2, -0.15) is 0 Å². The average Bonchev–Trinajstić information content (AvgIpc) is 2.35. The lowest BCUT2D eigenvalue weighted by Gasteiger charge is -2.12. The molecule has 0 radical (unpaired) electrons. The second-order valence-electron chi connectivity index (χ2n) is 4.02. The van der Waals surface area contributed by atoms with Gasteiger partial charge < -0.3 is 9.47 Å². The number of sulfone groups is 1. The molecule has 1 atom stereocenters. The van der Waals surface area contributed by atoms with E-state index in [1.54, 1.807) is 0 Å². The van der Waals surface area contributed by atoms with Crippen LogP contribution in [-0.2, 0) is 9.84 Å². The molecule has 7 heteroatoms. The van der Waals surface area contributed by atoms with Gasteiger partial charge in [-0.1, -0.05) is 0 Å². The highest BCUT2D eigenvalue weighted by Gasteiger charge is 2.28. The van der Waals surface area contributed by atoms with Crippen molar-refractivity contribution in [2.24, 2.45) is 0 Å². The van der Waals surface area contributed by atoms with Gasteiger partial charge in [0.15, 0.2) is 27.1 Å². The summed E-state index contributed by atoms with van der Waals surface area (Å²) in [7, 11) is -0.922. The largest absolute Gasteiger partial charge is 0.493 e. The summed E-state index contributed by atoms with van der Waals surface area (Å²) >= 11 is 0. The predicted molar refractivity (Wildman–Crippen MR) is 68.1 cm³/mol. The Morgan fingerprint density at radius 1 is 1.21 bits per heavy atom. The molecule has 1 unspecified atom stereocenters. The van der Waals surface area contributed by atoms with Crippen LogP contribution >= 0.6 is 0 Å². The Morgan fingerprint density at radius 3 is 2.11 bits per heavy atom. The van der Waals surface area contributed by atoms with Crippen LogP contribution in [-0.4, -0.2) is 39.9 Å². The van der Waals surface area contributed by atoms with Gasteiger partial charge in [0, 0.05) is 12.3 Å². The molecular formula is C12H15FO5S. The molecule has 0 aliphatic heterocycles. The molecule has 1 rings (SSSR count). The van der Waals surface area contributed by atoms with Gasteiger partial charge in [0.2, 0.25) is 0 Å². The molecule has 0 aliphatic carbocycles. The van der Waals surface area contributed by atoms with Gasteiger partial charge in [-0.25, -0.2) is 12.8 Å². The zero-order valence-electron chi connectivity index (χ0n) is 11.1. The Labute approximate surface area is 111 Å². The van der Waals surface area contributed by atoms with E-state index in [1.807, 2.05) is 0 Å². The lowest BCUT2D eigenvalue weighted by atomic mass is 10.1. The van der Waals surface area contributed by atoms with Crippen LogP contribution in [0.25, 0.3) is 0 Å². The van der Waals surface area contributed by atoms with E-state index in [4.69, 9.17) is 9.47 Å². The van der Waals surface area contributed by atoms with E-state index in [1.165, 1.54) is 21.1 Å². The van der Waals surface area contributed by atoms with Gasteiger partial charge in [0.05, 0.1) is 19.8 Å². The van der Waals surface area contributed by atoms with Crippen LogP contribution in [0.4, 0.5) is 4.39 Å². The first kappa shape index (κ1) is 15.4. The van der Waals surface area contributed by atoms with Crippen molar-refractivity contribution in [2.45, 2.75) is 12.2 Å². The molecule has 5 nitrogen and oxygen atoms in total. The molecule has 0 fully saturated rings. The fraction of sp³-hybridized carbons (Fsp3) is 0.417. The van der Waals surface area contributed by atoms with Crippen LogP contribution in [0.2, 0.25) is 0 Å². The van der Waals surface area contributed by atoms with Crippen molar-refractivity contribution in [3.8, 4) is 11.5 Å². The number of carbonyl (C=O) groups is 1. The van der Waals surface area contributed by atoms with Crippen LogP contribution < -0.4 is 9.47 Å². The van der Waals surface area contributed by atoms with E-state index in [-0.39, 0.29) is 17.1 Å². The number of carbonyl (C=O) groups excluding carboxylic acids is 1. The molecule has 0 spiro atoms. The molecule has 0 aromatic heterocycles. The standard InChI is InChI=1S/C12H15FO5S/c1-7(19(4,15)16)12(14)8-5-10(17-2)11(18-3)6-9(8)13/h5-7H,1-4H3. The number of halogens is 1. The van der Waals surface area contributed by atoms with E-state index >= 15 is 0 Å². The first-order chi connectivity index (χ1) is 8.72. The highest BCUT2D eigenvalue weighted by molar-refractivity contribution is 7.92. The highest BCUT2D eigenvalue weighted by atomic mass is 32.2. The molecule has 19 heavy (non-hydrogen) atoms. The van der Waals surface area contributed by atoms with Crippen molar-refractivity contribution in [3.05, 3.63) is 23.5 Å². The quantitative estimate of drug-likeness (QED) is 0.768. The second-order valence-corrected chi connectivity index (χ2v) is 6.39. The van der Waals surface area contributed by atoms with Crippen LogP contribution in [0.3, 0.4) is 0 Å². The third-order valence-corrected chi connectivity index (χ3v) is 4.25. The number of methoxy groups -OCH3 is 2. The Bertz CT molecular complexity index is 594. The predicted octanol–water partition coefficient (Wildman–Crippen LogP) is 1.46. The molecule has 106 valence electrons. The van der Waals surface area contributed by atoms with Crippen molar-refractivity contribution in [1.29, 1.82) is 0 Å². The third-order valence-electron chi connectivity index (χ3n) is 2.75. The van der Waals surface area contributed by atoms with Crippen molar-refractivity contribution in [3.63, 3.8) is 0 Å². The first-order valence-corrected chi connectivity index (χ1v) is 7.32. The first-order valence-electron chi connectivity index (χ1n) is 5.37. The Balaban J connectivity index is 3.32. The number of hydrogen-bond acceptors (Lipinski definition) is 5. The molecule has 1 aromatic rings. The zero-order valence-corrected chi connectivity index (χ0v) is 11.9. The maximum Gasteiger partial charge on any atom is 0.183 e. The van der Waals surface area contributed by atoms with Crippen molar-refractivity contribution < 1.29 is 27.1 Å². The fourth-order valence-corrected chi connectivity index (χ4v) is 1.97. The van der Waals surface area contributed by atoms with Gasteiger partial charge in [-0.05, 0) is 13.0 Å². The Morgan fingerprint density at radius 2 is 1.68 bits per heavy atom. The molecule has 1 aromatic carbocycles. The third kappa shape index (κ3) is 3.23. The number of benzene rings is 1. The van der Waals surface area contributed by atoms with E-state index in [9.17, 15) is 17.6 Å². The van der Waals surface area contributed by atoms with Crippen molar-refractivity contribution in [2.75, 3.05) is 20.5 Å². The summed E-state index contributed by atoms with van der Waals surface area (Å²) in [5, 5.41) is -1.32. The summed E-state index contributed by atoms with van der Waals surface area (Å²) < 4.78 is 46.3. The molecule has 0 N–H and O–H groups in total. The van der Waals surface area contributed by atoms with E-state index < -0.39 is 26.7 Å². The highest BCUT2D eigenvalue weighted by Crippen LogP contribution is 2.30. The zero-order chi connectivity index (χ0) is 14.8. The topological polar surface area (TPSA) is 69.7 Å². The SMILES string of the molecule is COc1cc(F)c(C(=O)C(C)S(C)(=O)=O)cc1OC. The van der Waals surface area contributed by atoms with E-state index in [2.05, 4.69) is 0 Å². The smallest absolute Gasteiger partial charge is 0.183 e. The lowest BCUT2D eigenvalue weighted by molar-refractivity contribution is 0.0987. The summed E-state index contributed by atoms with van der Waals surface area (Å²) in [4.78, 5) is 12.0. The number of rotatable bonds is 5. The Hall–Kier alpha value is -1.63. The molecule has 0 saturated heterocycles. The lowest BCUT2D eigenvalue weighted by Crippen LogP contribution is -2.27. The van der Waals surface area contributed by atoms with Gasteiger partial charge in [-0.3, -0.25) is 4.79 Å². The number of hydrogen-bond donors (Lipinski definition) is 0. The van der Waals surface area contributed by atoms with Crippen LogP contribution in [0, 0.1) is 5.82 Å². The average molecular weight is 290 g/mol. The van der Waals surface area contributed by atoms with Crippen LogP contribution in [0.15, 0.2) is 12.1 Å². The summed E-state index contributed by atoms with van der Waals surface area (Å²) in [6, 6.07) is 2.12. The molecule has 0 bridgehead atoms. The normalized spacial score (nSPS) is 12.9. The molecule has 0 heterocycles. The summed E-state index contributed by atoms with van der Waals surface area (Å²) in [6.45, 7) is 1.22. The minimum Gasteiger partial charge on any atom is -0.493 e. The van der Waals surface area contributed by atoms with Crippen LogP contribution in [0.5, 0.6) is 11.5 Å². The molecular weight excluding hydrogens is 275 g/mol. The van der Waals surface area contributed by atoms with Gasteiger partial charge in [-0.15, -0.1) is 0 Å². The maximum absolute atomic E-state index is 13.8. The molecule has 0 amide bonds. The fourth-order valence-electron chi connectivity index (χ4n) is 1.46. The number of Topliss-reactive ketones (excluding diaryl/α,β-unsaturated/α-hetero) is 1. The van der Waals surface area contributed by atoms with Crippen molar-refractivity contribution in [1.82, 2.24) is 0 Å². The monoisotopic (exact) mass is 290 g/mol. The van der Waals surface area contributed by atoms with Gasteiger partial charge >= 0.3 is 0 Å². The summed E-state index contributed by atoms with van der Waals surface area (Å²) in [5.74, 6) is -1.38. The Kier molecular flexibility index (Phi) is 4.52. The van der Waals surface area contributed by atoms with E-state index in [0.29, 0.717) is 0 Å². The van der Waals surface area contributed by atoms with Gasteiger partial charge in [0.25, 0.3) is 0 Å². The van der Waals surface area contributed by atoms with Crippen LogP contribution in [0.1, 0.15) is 17.3 Å². The number of ketones is 1. The maximum atomic E-state index is 13.8. The minimum atomic E-state index is -3.59. The number of ether oxygens (including phenoxy) is 2. The van der Waals surface area contributed by atoms with Gasteiger partial charge in [0.1, 0.15) is 11.1 Å². The van der Waals surface area contributed by atoms with Crippen molar-refractivity contribution >= 4 is 15.6 Å². The second kappa shape index (κ2) is 5.56. The molecule has 0 saturated carbocycles. The van der Waals surface area contributed by atoms with E-state index in [0.717, 1.165) is 18.4 Å². The summed E-state index contributed by atoms with van der Waals surface area (Å²) in [5.41, 5.74) is -0.337. The molecule has 0 aliphatic rings. The summed E-state index contributed by atoms with van der Waals surface area (Å²) in [6.07, 6.45) is 0.925.